The Bertz CT molecular complexity index is 1240. The Morgan fingerprint density at radius 3 is 2.18 bits per heavy atom. The first-order valence-corrected chi connectivity index (χ1v) is 12.3. The van der Waals surface area contributed by atoms with E-state index in [0.29, 0.717) is 17.2 Å². The smallest absolute Gasteiger partial charge is 0.438 e. The first-order chi connectivity index (χ1) is 18.6. The topological polar surface area (TPSA) is 85.2 Å². The van der Waals surface area contributed by atoms with Crippen molar-refractivity contribution in [1.29, 1.82) is 0 Å². The van der Waals surface area contributed by atoms with E-state index in [2.05, 4.69) is 15.0 Å². The fourth-order valence-electron chi connectivity index (χ4n) is 4.40. The van der Waals surface area contributed by atoms with E-state index in [1.54, 1.807) is 43.3 Å². The molecule has 1 aliphatic rings. The highest BCUT2D eigenvalue weighted by molar-refractivity contribution is 7.80. The molecule has 1 aliphatic heterocycles. The van der Waals surface area contributed by atoms with Crippen molar-refractivity contribution in [1.82, 2.24) is 9.55 Å². The third kappa shape index (κ3) is 6.86. The Hall–Kier alpha value is -3.23. The second-order valence-corrected chi connectivity index (χ2v) is 8.95. The van der Waals surface area contributed by atoms with Gasteiger partial charge in [0.2, 0.25) is 6.29 Å². The maximum absolute atomic E-state index is 12.5. The highest BCUT2D eigenvalue weighted by Crippen LogP contribution is 2.29. The van der Waals surface area contributed by atoms with Gasteiger partial charge in [-0.05, 0) is 67.7 Å². The number of imidazole rings is 1. The molecule has 0 amide bonds. The highest BCUT2D eigenvalue weighted by Gasteiger charge is 2.47. The largest absolute Gasteiger partial charge is 0.573 e. The van der Waals surface area contributed by atoms with Gasteiger partial charge in [-0.3, -0.25) is 4.57 Å². The Labute approximate surface area is 228 Å². The molecule has 0 unspecified atom stereocenters. The summed E-state index contributed by atoms with van der Waals surface area (Å²) in [7, 11) is 4.68. The van der Waals surface area contributed by atoms with Crippen molar-refractivity contribution in [2.24, 2.45) is 0 Å². The predicted octanol–water partition coefficient (Wildman–Crippen LogP) is 4.94. The van der Waals surface area contributed by atoms with Crippen molar-refractivity contribution < 1.29 is 41.6 Å². The fourth-order valence-corrected chi connectivity index (χ4v) is 4.61. The average Bonchev–Trinajstić information content (AvgIpc) is 3.38. The van der Waals surface area contributed by atoms with E-state index in [4.69, 9.17) is 35.9 Å². The summed E-state index contributed by atoms with van der Waals surface area (Å²) in [4.78, 5) is 4.39. The van der Waals surface area contributed by atoms with Gasteiger partial charge in [-0.2, -0.15) is 0 Å². The highest BCUT2D eigenvalue weighted by atomic mass is 32.1. The minimum absolute atomic E-state index is 0.0791. The maximum Gasteiger partial charge on any atom is 0.573 e. The van der Waals surface area contributed by atoms with Gasteiger partial charge in [0.05, 0.1) is 6.10 Å². The molecule has 1 N–H and O–H groups in total. The predicted molar refractivity (Wildman–Crippen MR) is 140 cm³/mol. The molecule has 0 radical (unpaired) electrons. The summed E-state index contributed by atoms with van der Waals surface area (Å²) in [5.74, 6) is 0.290. The molecule has 4 rings (SSSR count). The molecule has 13 heteroatoms. The maximum atomic E-state index is 12.5. The van der Waals surface area contributed by atoms with Crippen LogP contribution in [-0.4, -0.2) is 73.1 Å². The summed E-state index contributed by atoms with van der Waals surface area (Å²) in [6.45, 7) is 1.85. The molecule has 3 aromatic rings. The van der Waals surface area contributed by atoms with Crippen LogP contribution in [0.5, 0.6) is 5.75 Å². The van der Waals surface area contributed by atoms with Crippen molar-refractivity contribution >= 4 is 23.1 Å². The quantitative estimate of drug-likeness (QED) is 0.381. The number of hydrogen-bond acceptors (Lipinski definition) is 8. The SMILES string of the molecule is CO[C@@H]1[C@@H](OC)[C@H](C)O[C@@H](OC(=S)Nc2ccc(-c3nccn3-c3ccc(OC(F)(F)F)cc3)cc2)[C@@H]1OC. The molecule has 0 saturated carbocycles. The molecule has 2 heterocycles. The molecule has 39 heavy (non-hydrogen) atoms. The third-order valence-corrected chi connectivity index (χ3v) is 6.34. The van der Waals surface area contributed by atoms with Crippen LogP contribution in [0.15, 0.2) is 60.9 Å². The number of aromatic nitrogens is 2. The molecule has 0 aliphatic carbocycles. The van der Waals surface area contributed by atoms with Gasteiger partial charge in [-0.1, -0.05) is 0 Å². The molecule has 0 spiro atoms. The van der Waals surface area contributed by atoms with E-state index in [9.17, 15) is 13.2 Å². The molecule has 0 bridgehead atoms. The van der Waals surface area contributed by atoms with Crippen LogP contribution in [0, 0.1) is 0 Å². The number of nitrogens with one attached hydrogen (secondary N) is 1. The minimum Gasteiger partial charge on any atom is -0.438 e. The zero-order valence-corrected chi connectivity index (χ0v) is 22.4. The summed E-state index contributed by atoms with van der Waals surface area (Å²) in [6.07, 6.45) is -3.92. The van der Waals surface area contributed by atoms with E-state index in [0.717, 1.165) is 5.56 Å². The summed E-state index contributed by atoms with van der Waals surface area (Å²) in [6, 6.07) is 12.8. The number of halogens is 3. The van der Waals surface area contributed by atoms with Gasteiger partial charge in [0.15, 0.2) is 0 Å². The molecule has 210 valence electrons. The summed E-state index contributed by atoms with van der Waals surface area (Å²) >= 11 is 5.39. The molecule has 1 fully saturated rings. The number of rotatable bonds is 8. The van der Waals surface area contributed by atoms with Crippen LogP contribution in [-0.2, 0) is 23.7 Å². The first kappa shape index (κ1) is 28.8. The van der Waals surface area contributed by atoms with Crippen molar-refractivity contribution in [2.45, 2.75) is 44.0 Å². The molecule has 2 aromatic carbocycles. The summed E-state index contributed by atoms with van der Waals surface area (Å²) in [5.41, 5.74) is 2.05. The van der Waals surface area contributed by atoms with Crippen LogP contribution < -0.4 is 10.1 Å². The van der Waals surface area contributed by atoms with Gasteiger partial charge in [-0.15, -0.1) is 13.2 Å². The van der Waals surface area contributed by atoms with Crippen LogP contribution in [0.2, 0.25) is 0 Å². The monoisotopic (exact) mass is 567 g/mol. The zero-order chi connectivity index (χ0) is 28.2. The first-order valence-electron chi connectivity index (χ1n) is 11.8. The number of hydrogen-bond donors (Lipinski definition) is 1. The van der Waals surface area contributed by atoms with Gasteiger partial charge >= 0.3 is 6.36 Å². The van der Waals surface area contributed by atoms with Crippen molar-refractivity contribution in [2.75, 3.05) is 26.6 Å². The standard InChI is InChI=1S/C26H28F3N3O6S/c1-15-20(33-2)21(34-3)22(35-4)24(36-15)37-25(39)31-17-7-5-16(6-8-17)23-30-13-14-32(23)18-9-11-19(12-10-18)38-26(27,28)29/h5-15,20-22,24H,1-4H3,(H,31,39)/t15-,20-,21+,22+,24-/m0/s1. The summed E-state index contributed by atoms with van der Waals surface area (Å²) in [5, 5.41) is 3.10. The Morgan fingerprint density at radius 1 is 0.949 bits per heavy atom. The van der Waals surface area contributed by atoms with E-state index in [1.165, 1.54) is 31.4 Å². The van der Waals surface area contributed by atoms with E-state index in [1.807, 2.05) is 19.1 Å². The third-order valence-electron chi connectivity index (χ3n) is 6.15. The Kier molecular flexibility index (Phi) is 9.08. The minimum atomic E-state index is -4.75. The number of benzene rings is 2. The Morgan fingerprint density at radius 2 is 1.59 bits per heavy atom. The van der Waals surface area contributed by atoms with Gasteiger partial charge in [0.25, 0.3) is 5.17 Å². The van der Waals surface area contributed by atoms with Crippen molar-refractivity contribution in [3.05, 3.63) is 60.9 Å². The number of thiocarbonyl (C=S) groups is 1. The molecule has 5 atom stereocenters. The number of methoxy groups -OCH3 is 3. The number of nitrogens with zero attached hydrogens (tertiary/aromatic N) is 2. The fraction of sp³-hybridized carbons (Fsp3) is 0.385. The second-order valence-electron chi connectivity index (χ2n) is 8.58. The van der Waals surface area contributed by atoms with E-state index >= 15 is 0 Å². The molecule has 1 aromatic heterocycles. The lowest BCUT2D eigenvalue weighted by atomic mass is 9.99. The van der Waals surface area contributed by atoms with Crippen molar-refractivity contribution in [3.63, 3.8) is 0 Å². The van der Waals surface area contributed by atoms with Gasteiger partial charge < -0.3 is 33.7 Å². The van der Waals surface area contributed by atoms with Crippen LogP contribution >= 0.6 is 12.2 Å². The molecule has 1 saturated heterocycles. The van der Waals surface area contributed by atoms with Crippen LogP contribution in [0.1, 0.15) is 6.92 Å². The lowest BCUT2D eigenvalue weighted by Crippen LogP contribution is -2.59. The Balaban J connectivity index is 1.42. The molecular weight excluding hydrogens is 539 g/mol. The van der Waals surface area contributed by atoms with Crippen LogP contribution in [0.4, 0.5) is 18.9 Å². The molecule has 9 nitrogen and oxygen atoms in total. The van der Waals surface area contributed by atoms with Gasteiger partial charge in [-0.25, -0.2) is 4.98 Å². The number of ether oxygens (including phenoxy) is 6. The number of alkyl halides is 3. The normalized spacial score (nSPS) is 23.3. The number of anilines is 1. The second kappa shape index (κ2) is 12.3. The lowest BCUT2D eigenvalue weighted by molar-refractivity contribution is -0.285. The average molecular weight is 568 g/mol. The van der Waals surface area contributed by atoms with Gasteiger partial charge in [0.1, 0.15) is 29.9 Å². The zero-order valence-electron chi connectivity index (χ0n) is 21.5. The van der Waals surface area contributed by atoms with E-state index < -0.39 is 24.9 Å². The van der Waals surface area contributed by atoms with E-state index in [-0.39, 0.29) is 23.1 Å². The molecular formula is C26H28F3N3O6S. The summed E-state index contributed by atoms with van der Waals surface area (Å²) < 4.78 is 71.5. The lowest BCUT2D eigenvalue weighted by Gasteiger charge is -2.43. The van der Waals surface area contributed by atoms with Crippen LogP contribution in [0.3, 0.4) is 0 Å². The van der Waals surface area contributed by atoms with Crippen molar-refractivity contribution in [3.8, 4) is 22.8 Å². The van der Waals surface area contributed by atoms with Gasteiger partial charge in [0, 0.05) is 50.7 Å². The van der Waals surface area contributed by atoms with Crippen LogP contribution in [0.25, 0.3) is 17.1 Å².